The zero-order valence-corrected chi connectivity index (χ0v) is 19.8. The van der Waals surface area contributed by atoms with Crippen molar-refractivity contribution in [2.45, 2.75) is 26.2 Å². The molecule has 8 heteroatoms. The number of nitrogens with zero attached hydrogens (tertiary/aromatic N) is 2. The first-order valence-corrected chi connectivity index (χ1v) is 12.7. The predicted octanol–water partition coefficient (Wildman–Crippen LogP) is 4.19. The number of aryl methyl sites for hydroxylation is 1. The highest BCUT2D eigenvalue weighted by atomic mass is 32.1. The molecule has 0 aliphatic carbocycles. The minimum atomic E-state index is -0.0614. The molecule has 1 fully saturated rings. The summed E-state index contributed by atoms with van der Waals surface area (Å²) in [4.78, 5) is 32.8. The number of carbonyl (C=O) groups is 2. The second-order valence-corrected chi connectivity index (χ2v) is 10.0. The maximum absolute atomic E-state index is 12.5. The second kappa shape index (κ2) is 10.8. The summed E-state index contributed by atoms with van der Waals surface area (Å²) in [6.07, 6.45) is 2.45. The number of likely N-dealkylation sites (tertiary alicyclic amines) is 1. The molecule has 0 bridgehead atoms. The quantitative estimate of drug-likeness (QED) is 0.520. The van der Waals surface area contributed by atoms with Gasteiger partial charge in [-0.3, -0.25) is 14.5 Å². The number of nitrogens with one attached hydrogen (secondary N) is 2. The van der Waals surface area contributed by atoms with Gasteiger partial charge >= 0.3 is 0 Å². The third-order valence-corrected chi connectivity index (χ3v) is 7.37. The van der Waals surface area contributed by atoms with Gasteiger partial charge in [0.1, 0.15) is 0 Å². The molecule has 2 N–H and O–H groups in total. The fraction of sp³-hybridized carbons (Fsp3) is 0.375. The van der Waals surface area contributed by atoms with E-state index in [9.17, 15) is 9.59 Å². The number of aromatic nitrogens is 1. The van der Waals surface area contributed by atoms with Gasteiger partial charge in [-0.15, -0.1) is 22.7 Å². The average molecular weight is 469 g/mol. The van der Waals surface area contributed by atoms with E-state index in [1.807, 2.05) is 23.6 Å². The number of piperidine rings is 1. The van der Waals surface area contributed by atoms with Crippen LogP contribution in [0, 0.1) is 12.8 Å². The third kappa shape index (κ3) is 6.25. The van der Waals surface area contributed by atoms with E-state index in [0.29, 0.717) is 18.2 Å². The molecular weight excluding hydrogens is 440 g/mol. The summed E-state index contributed by atoms with van der Waals surface area (Å²) >= 11 is 3.15. The molecule has 3 heterocycles. The molecule has 1 aliphatic rings. The van der Waals surface area contributed by atoms with Crippen LogP contribution < -0.4 is 10.6 Å². The minimum Gasteiger partial charge on any atom is -0.355 e. The van der Waals surface area contributed by atoms with Crippen molar-refractivity contribution >= 4 is 39.6 Å². The molecule has 0 atom stereocenters. The van der Waals surface area contributed by atoms with Gasteiger partial charge in [0.2, 0.25) is 11.8 Å². The van der Waals surface area contributed by atoms with Crippen molar-refractivity contribution in [2.75, 3.05) is 31.5 Å². The number of rotatable bonds is 8. The first kappa shape index (κ1) is 22.6. The number of hydrogen-bond acceptors (Lipinski definition) is 6. The first-order valence-electron chi connectivity index (χ1n) is 10.9. The second-order valence-electron chi connectivity index (χ2n) is 8.12. The molecule has 2 amide bonds. The van der Waals surface area contributed by atoms with E-state index in [0.717, 1.165) is 43.6 Å². The summed E-state index contributed by atoms with van der Waals surface area (Å²) in [5, 5.41) is 10.6. The SMILES string of the molecule is Cc1ccc(-c2csc(NC(=O)CN3CCC(C(=O)NCCc4cccs4)CC3)n2)cc1. The molecule has 0 unspecified atom stereocenters. The van der Waals surface area contributed by atoms with Crippen LogP contribution in [0.3, 0.4) is 0 Å². The van der Waals surface area contributed by atoms with Crippen molar-refractivity contribution in [3.63, 3.8) is 0 Å². The fourth-order valence-electron chi connectivity index (χ4n) is 3.81. The zero-order valence-electron chi connectivity index (χ0n) is 18.2. The Bertz CT molecular complexity index is 1020. The van der Waals surface area contributed by atoms with E-state index in [4.69, 9.17) is 0 Å². The van der Waals surface area contributed by atoms with Gasteiger partial charge in [0.25, 0.3) is 0 Å². The van der Waals surface area contributed by atoms with Crippen molar-refractivity contribution in [3.8, 4) is 11.3 Å². The summed E-state index contributed by atoms with van der Waals surface area (Å²) in [6.45, 7) is 4.57. The highest BCUT2D eigenvalue weighted by Gasteiger charge is 2.25. The van der Waals surface area contributed by atoms with Crippen LogP contribution in [0.4, 0.5) is 5.13 Å². The van der Waals surface area contributed by atoms with Crippen molar-refractivity contribution in [1.29, 1.82) is 0 Å². The van der Waals surface area contributed by atoms with Crippen molar-refractivity contribution in [3.05, 3.63) is 57.6 Å². The Morgan fingerprint density at radius 3 is 2.62 bits per heavy atom. The number of thiazole rings is 1. The highest BCUT2D eigenvalue weighted by Crippen LogP contribution is 2.25. The van der Waals surface area contributed by atoms with Crippen LogP contribution in [0.2, 0.25) is 0 Å². The highest BCUT2D eigenvalue weighted by molar-refractivity contribution is 7.14. The van der Waals surface area contributed by atoms with Gasteiger partial charge in [0.05, 0.1) is 12.2 Å². The maximum Gasteiger partial charge on any atom is 0.240 e. The fourth-order valence-corrected chi connectivity index (χ4v) is 5.26. The number of anilines is 1. The summed E-state index contributed by atoms with van der Waals surface area (Å²) in [6, 6.07) is 12.3. The summed E-state index contributed by atoms with van der Waals surface area (Å²) in [5.41, 5.74) is 3.12. The van der Waals surface area contributed by atoms with Crippen LogP contribution in [-0.2, 0) is 16.0 Å². The zero-order chi connectivity index (χ0) is 22.3. The Labute approximate surface area is 196 Å². The maximum atomic E-state index is 12.5. The summed E-state index contributed by atoms with van der Waals surface area (Å²) in [5.74, 6) is 0.111. The molecule has 0 radical (unpaired) electrons. The van der Waals surface area contributed by atoms with E-state index in [2.05, 4.69) is 51.0 Å². The lowest BCUT2D eigenvalue weighted by Crippen LogP contribution is -2.43. The van der Waals surface area contributed by atoms with Crippen LogP contribution in [0.15, 0.2) is 47.2 Å². The normalized spacial score (nSPS) is 14.9. The van der Waals surface area contributed by atoms with E-state index in [1.54, 1.807) is 11.3 Å². The van der Waals surface area contributed by atoms with Gasteiger partial charge in [-0.05, 0) is 50.7 Å². The van der Waals surface area contributed by atoms with E-state index in [-0.39, 0.29) is 17.7 Å². The van der Waals surface area contributed by atoms with Crippen LogP contribution in [-0.4, -0.2) is 47.9 Å². The lowest BCUT2D eigenvalue weighted by Gasteiger charge is -2.30. The summed E-state index contributed by atoms with van der Waals surface area (Å²) in [7, 11) is 0. The summed E-state index contributed by atoms with van der Waals surface area (Å²) < 4.78 is 0. The monoisotopic (exact) mass is 468 g/mol. The molecule has 1 aliphatic heterocycles. The van der Waals surface area contributed by atoms with E-state index in [1.165, 1.54) is 21.8 Å². The molecule has 0 saturated carbocycles. The van der Waals surface area contributed by atoms with E-state index < -0.39 is 0 Å². The topological polar surface area (TPSA) is 74.3 Å². The number of amides is 2. The van der Waals surface area contributed by atoms with Crippen molar-refractivity contribution < 1.29 is 9.59 Å². The number of benzene rings is 1. The molecule has 3 aromatic rings. The lowest BCUT2D eigenvalue weighted by molar-refractivity contribution is -0.126. The predicted molar refractivity (Wildman–Crippen MR) is 131 cm³/mol. The number of thiophene rings is 1. The molecule has 2 aromatic heterocycles. The average Bonchev–Trinajstić information content (AvgIpc) is 3.47. The molecule has 0 spiro atoms. The van der Waals surface area contributed by atoms with Gasteiger partial charge in [-0.25, -0.2) is 4.98 Å². The van der Waals surface area contributed by atoms with Gasteiger partial charge in [-0.2, -0.15) is 0 Å². The van der Waals surface area contributed by atoms with Crippen LogP contribution in [0.5, 0.6) is 0 Å². The lowest BCUT2D eigenvalue weighted by atomic mass is 9.96. The first-order chi connectivity index (χ1) is 15.6. The largest absolute Gasteiger partial charge is 0.355 e. The van der Waals surface area contributed by atoms with E-state index >= 15 is 0 Å². The Hall–Kier alpha value is -2.55. The Balaban J connectivity index is 1.17. The van der Waals surface area contributed by atoms with Crippen LogP contribution in [0.25, 0.3) is 11.3 Å². The van der Waals surface area contributed by atoms with Crippen molar-refractivity contribution in [2.24, 2.45) is 5.92 Å². The standard InChI is InChI=1S/C24H28N4O2S2/c1-17-4-6-18(7-5-17)21-16-32-24(26-21)27-22(29)15-28-12-9-19(10-13-28)23(30)25-11-8-20-3-2-14-31-20/h2-7,14,16,19H,8-13,15H2,1H3,(H,25,30)(H,26,27,29). The van der Waals surface area contributed by atoms with Crippen LogP contribution in [0.1, 0.15) is 23.3 Å². The molecule has 1 saturated heterocycles. The van der Waals surface area contributed by atoms with Crippen molar-refractivity contribution in [1.82, 2.24) is 15.2 Å². The number of carbonyl (C=O) groups excluding carboxylic acids is 2. The molecule has 4 rings (SSSR count). The van der Waals surface area contributed by atoms with Gasteiger partial charge in [0.15, 0.2) is 5.13 Å². The van der Waals surface area contributed by atoms with Gasteiger partial charge in [-0.1, -0.05) is 35.9 Å². The molecule has 1 aromatic carbocycles. The molecule has 32 heavy (non-hydrogen) atoms. The van der Waals surface area contributed by atoms with Gasteiger partial charge in [0, 0.05) is 28.3 Å². The molecular formula is C24H28N4O2S2. The van der Waals surface area contributed by atoms with Crippen LogP contribution >= 0.6 is 22.7 Å². The Morgan fingerprint density at radius 1 is 1.12 bits per heavy atom. The molecule has 168 valence electrons. The third-order valence-electron chi connectivity index (χ3n) is 5.67. The Kier molecular flexibility index (Phi) is 7.68. The smallest absolute Gasteiger partial charge is 0.240 e. The number of hydrogen-bond donors (Lipinski definition) is 2. The molecule has 6 nitrogen and oxygen atoms in total. The van der Waals surface area contributed by atoms with Gasteiger partial charge < -0.3 is 10.6 Å². The Morgan fingerprint density at radius 2 is 1.91 bits per heavy atom. The minimum absolute atomic E-state index is 0.0358.